The summed E-state index contributed by atoms with van der Waals surface area (Å²) >= 11 is 0. The van der Waals surface area contributed by atoms with Crippen LogP contribution in [0.4, 0.5) is 0 Å². The average molecular weight is 680 g/mol. The highest BCUT2D eigenvalue weighted by atomic mass is 16.3. The number of furan rings is 3. The highest BCUT2D eigenvalue weighted by molar-refractivity contribution is 6.32. The van der Waals surface area contributed by atoms with Gasteiger partial charge in [-0.1, -0.05) is 121 Å². The van der Waals surface area contributed by atoms with Crippen LogP contribution in [-0.2, 0) is 0 Å². The van der Waals surface area contributed by atoms with Gasteiger partial charge in [-0.05, 0) is 46.5 Å². The van der Waals surface area contributed by atoms with Crippen molar-refractivity contribution in [2.75, 3.05) is 0 Å². The summed E-state index contributed by atoms with van der Waals surface area (Å²) in [6.07, 6.45) is 0. The van der Waals surface area contributed by atoms with E-state index in [0.717, 1.165) is 104 Å². The number of aromatic nitrogens is 3. The van der Waals surface area contributed by atoms with Crippen LogP contribution in [0.5, 0.6) is 0 Å². The zero-order valence-corrected chi connectivity index (χ0v) is 28.0. The van der Waals surface area contributed by atoms with Gasteiger partial charge < -0.3 is 13.3 Å². The van der Waals surface area contributed by atoms with E-state index in [-0.39, 0.29) is 0 Å². The Labute approximate surface area is 300 Å². The smallest absolute Gasteiger partial charge is 0.164 e. The largest absolute Gasteiger partial charge is 0.456 e. The van der Waals surface area contributed by atoms with E-state index >= 15 is 0 Å². The van der Waals surface area contributed by atoms with Crippen molar-refractivity contribution >= 4 is 87.4 Å². The Hall–Kier alpha value is -7.31. The molecular weight excluding hydrogens is 655 g/mol. The minimum absolute atomic E-state index is 0.544. The van der Waals surface area contributed by atoms with Crippen molar-refractivity contribution in [3.63, 3.8) is 0 Å². The van der Waals surface area contributed by atoms with Gasteiger partial charge >= 0.3 is 0 Å². The molecule has 0 amide bonds. The van der Waals surface area contributed by atoms with E-state index in [0.29, 0.717) is 17.5 Å². The first kappa shape index (κ1) is 28.4. The molecule has 0 aliphatic rings. The molecule has 4 heterocycles. The quantitative estimate of drug-likeness (QED) is 0.173. The molecule has 12 rings (SSSR count). The fraction of sp³-hybridized carbons (Fsp3) is 0. The highest BCUT2D eigenvalue weighted by Crippen LogP contribution is 2.45. The molecule has 0 atom stereocenters. The number of hydrogen-bond donors (Lipinski definition) is 0. The minimum Gasteiger partial charge on any atom is -0.456 e. The summed E-state index contributed by atoms with van der Waals surface area (Å²) in [7, 11) is 0. The Bertz CT molecular complexity index is 3350. The van der Waals surface area contributed by atoms with E-state index in [1.807, 2.05) is 72.8 Å². The molecule has 6 heteroatoms. The monoisotopic (exact) mass is 679 g/mol. The van der Waals surface area contributed by atoms with Crippen LogP contribution in [0, 0.1) is 0 Å². The lowest BCUT2D eigenvalue weighted by molar-refractivity contribution is 0.668. The molecule has 0 spiro atoms. The zero-order valence-electron chi connectivity index (χ0n) is 28.0. The van der Waals surface area contributed by atoms with Crippen molar-refractivity contribution in [3.05, 3.63) is 152 Å². The molecule has 0 unspecified atom stereocenters. The van der Waals surface area contributed by atoms with Crippen molar-refractivity contribution in [1.29, 1.82) is 0 Å². The summed E-state index contributed by atoms with van der Waals surface area (Å²) in [6, 6.07) is 51.4. The Morgan fingerprint density at radius 1 is 0.264 bits per heavy atom. The van der Waals surface area contributed by atoms with Crippen LogP contribution in [0.2, 0.25) is 0 Å². The maximum Gasteiger partial charge on any atom is 0.164 e. The first-order chi connectivity index (χ1) is 26.3. The fourth-order valence-electron chi connectivity index (χ4n) is 8.29. The summed E-state index contributed by atoms with van der Waals surface area (Å²) in [5.74, 6) is 1.64. The van der Waals surface area contributed by atoms with E-state index in [4.69, 9.17) is 28.2 Å². The Morgan fingerprint density at radius 3 is 1.17 bits per heavy atom. The summed E-state index contributed by atoms with van der Waals surface area (Å²) in [6.45, 7) is 0. The van der Waals surface area contributed by atoms with Crippen molar-refractivity contribution in [3.8, 4) is 34.2 Å². The van der Waals surface area contributed by atoms with Crippen molar-refractivity contribution < 1.29 is 13.3 Å². The second-order valence-electron chi connectivity index (χ2n) is 13.4. The molecule has 0 aliphatic carbocycles. The lowest BCUT2D eigenvalue weighted by atomic mass is 9.94. The molecule has 0 saturated heterocycles. The van der Waals surface area contributed by atoms with Gasteiger partial charge in [0.2, 0.25) is 0 Å². The SMILES string of the molecule is c1ccc2c(c1)oc1cccc(-c3nc(-c4cccc5oc6ccccc6c45)nc(-c4cccc5c6ccccc6c6c7ccccc7oc6c45)n3)c12. The van der Waals surface area contributed by atoms with Gasteiger partial charge in [-0.2, -0.15) is 0 Å². The number of nitrogens with zero attached hydrogens (tertiary/aromatic N) is 3. The maximum absolute atomic E-state index is 6.76. The molecule has 0 fully saturated rings. The van der Waals surface area contributed by atoms with Crippen molar-refractivity contribution in [1.82, 2.24) is 15.0 Å². The van der Waals surface area contributed by atoms with Gasteiger partial charge in [-0.3, -0.25) is 0 Å². The molecule has 0 saturated carbocycles. The zero-order chi connectivity index (χ0) is 34.6. The third kappa shape index (κ3) is 4.00. The standard InChI is InChI=1S/C47H25N3O3/c1-2-13-27-26(12-1)28-17-9-18-34(43(28)44-42(27)31-16-5-8-23-37(31)53-44)47-49-45(32-19-10-24-38-40(32)29-14-3-6-21-35(29)51-38)48-46(50-47)33-20-11-25-39-41(33)30-15-4-7-22-36(30)52-39/h1-25H. The van der Waals surface area contributed by atoms with E-state index < -0.39 is 0 Å². The summed E-state index contributed by atoms with van der Waals surface area (Å²) in [4.78, 5) is 15.9. The Morgan fingerprint density at radius 2 is 0.623 bits per heavy atom. The molecule has 12 aromatic rings. The van der Waals surface area contributed by atoms with Gasteiger partial charge in [0.05, 0.1) is 0 Å². The fourth-order valence-corrected chi connectivity index (χ4v) is 8.29. The van der Waals surface area contributed by atoms with Crippen molar-refractivity contribution in [2.45, 2.75) is 0 Å². The van der Waals surface area contributed by atoms with Crippen LogP contribution in [0.25, 0.3) is 122 Å². The third-order valence-electron chi connectivity index (χ3n) is 10.5. The van der Waals surface area contributed by atoms with Crippen LogP contribution in [0.1, 0.15) is 0 Å². The van der Waals surface area contributed by atoms with Crippen LogP contribution < -0.4 is 0 Å². The summed E-state index contributed by atoms with van der Waals surface area (Å²) < 4.78 is 19.4. The molecule has 0 N–H and O–H groups in total. The van der Waals surface area contributed by atoms with Gasteiger partial charge in [-0.15, -0.1) is 0 Å². The van der Waals surface area contributed by atoms with Gasteiger partial charge in [0.1, 0.15) is 33.5 Å². The summed E-state index contributed by atoms with van der Waals surface area (Å²) in [5, 5.41) is 10.4. The Balaban J connectivity index is 1.23. The van der Waals surface area contributed by atoms with Crippen LogP contribution >= 0.6 is 0 Å². The first-order valence-electron chi connectivity index (χ1n) is 17.6. The first-order valence-corrected chi connectivity index (χ1v) is 17.6. The normalized spacial score (nSPS) is 12.2. The molecular formula is C47H25N3O3. The lowest BCUT2D eigenvalue weighted by Gasteiger charge is -2.13. The van der Waals surface area contributed by atoms with Crippen LogP contribution in [0.3, 0.4) is 0 Å². The summed E-state index contributed by atoms with van der Waals surface area (Å²) in [5.41, 5.74) is 7.40. The number of benzene rings is 8. The number of fused-ring (bicyclic) bond motifs is 14. The number of para-hydroxylation sites is 3. The second kappa shape index (κ2) is 10.6. The van der Waals surface area contributed by atoms with Crippen LogP contribution in [0.15, 0.2) is 165 Å². The van der Waals surface area contributed by atoms with Gasteiger partial charge in [0, 0.05) is 54.4 Å². The number of rotatable bonds is 3. The average Bonchev–Trinajstić information content (AvgIpc) is 3.92. The number of hydrogen-bond acceptors (Lipinski definition) is 6. The van der Waals surface area contributed by atoms with Gasteiger partial charge in [-0.25, -0.2) is 15.0 Å². The maximum atomic E-state index is 6.76. The van der Waals surface area contributed by atoms with E-state index in [2.05, 4.69) is 78.9 Å². The van der Waals surface area contributed by atoms with Gasteiger partial charge in [0.15, 0.2) is 17.5 Å². The lowest BCUT2D eigenvalue weighted by Crippen LogP contribution is -2.01. The molecule has 246 valence electrons. The molecule has 0 bridgehead atoms. The van der Waals surface area contributed by atoms with Crippen LogP contribution in [-0.4, -0.2) is 15.0 Å². The molecule has 6 nitrogen and oxygen atoms in total. The van der Waals surface area contributed by atoms with E-state index in [1.165, 1.54) is 0 Å². The predicted molar refractivity (Wildman–Crippen MR) is 213 cm³/mol. The van der Waals surface area contributed by atoms with Gasteiger partial charge in [0.25, 0.3) is 0 Å². The Kier molecular flexibility index (Phi) is 5.68. The molecule has 0 radical (unpaired) electrons. The molecule has 0 aliphatic heterocycles. The highest BCUT2D eigenvalue weighted by Gasteiger charge is 2.23. The van der Waals surface area contributed by atoms with Crippen molar-refractivity contribution in [2.24, 2.45) is 0 Å². The van der Waals surface area contributed by atoms with E-state index in [1.54, 1.807) is 0 Å². The predicted octanol–water partition coefficient (Wildman–Crippen LogP) is 12.9. The molecule has 8 aromatic carbocycles. The second-order valence-corrected chi connectivity index (χ2v) is 13.4. The molecule has 53 heavy (non-hydrogen) atoms. The van der Waals surface area contributed by atoms with E-state index in [9.17, 15) is 0 Å². The molecule has 4 aromatic heterocycles. The topological polar surface area (TPSA) is 78.1 Å². The minimum atomic E-state index is 0.544. The third-order valence-corrected chi connectivity index (χ3v) is 10.5.